The van der Waals surface area contributed by atoms with E-state index in [1.54, 1.807) is 19.2 Å². The highest BCUT2D eigenvalue weighted by molar-refractivity contribution is 6.30. The number of nitrogens with one attached hydrogen (secondary N) is 1. The fourth-order valence-electron chi connectivity index (χ4n) is 1.96. The van der Waals surface area contributed by atoms with E-state index in [1.165, 1.54) is 24.3 Å². The van der Waals surface area contributed by atoms with E-state index >= 15 is 0 Å². The van der Waals surface area contributed by atoms with Crippen molar-refractivity contribution in [2.24, 2.45) is 0 Å². The first-order valence-corrected chi connectivity index (χ1v) is 8.05. The molecule has 0 fully saturated rings. The van der Waals surface area contributed by atoms with Gasteiger partial charge in [-0.2, -0.15) is 0 Å². The molecule has 7 heteroatoms. The summed E-state index contributed by atoms with van der Waals surface area (Å²) in [7, 11) is 1.57. The zero-order chi connectivity index (χ0) is 18.9. The zero-order valence-corrected chi connectivity index (χ0v) is 14.8. The van der Waals surface area contributed by atoms with E-state index in [1.807, 2.05) is 12.1 Å². The van der Waals surface area contributed by atoms with Crippen LogP contribution in [0.5, 0.6) is 5.75 Å². The van der Waals surface area contributed by atoms with Crippen LogP contribution in [0.15, 0.2) is 48.5 Å². The topological polar surface area (TPSA) is 64.6 Å². The standard InChI is InChI=1S/C19H17ClFNO4/c1-25-15-6-2-14(3-7-15)11-22-18(23)12-26-19(24)9-5-13-4-8-17(21)16(20)10-13/h2-10H,11-12H2,1H3,(H,22,23)/b9-5+. The van der Waals surface area contributed by atoms with Crippen LogP contribution in [0.25, 0.3) is 6.08 Å². The van der Waals surface area contributed by atoms with E-state index in [0.717, 1.165) is 17.4 Å². The second kappa shape index (κ2) is 9.58. The molecule has 26 heavy (non-hydrogen) atoms. The Balaban J connectivity index is 1.74. The summed E-state index contributed by atoms with van der Waals surface area (Å²) in [6.07, 6.45) is 2.56. The predicted molar refractivity (Wildman–Crippen MR) is 96.2 cm³/mol. The number of hydrogen-bond acceptors (Lipinski definition) is 4. The zero-order valence-electron chi connectivity index (χ0n) is 14.0. The molecular formula is C19H17ClFNO4. The molecular weight excluding hydrogens is 361 g/mol. The summed E-state index contributed by atoms with van der Waals surface area (Å²) in [5.41, 5.74) is 1.43. The van der Waals surface area contributed by atoms with Crippen molar-refractivity contribution in [2.75, 3.05) is 13.7 Å². The quantitative estimate of drug-likeness (QED) is 0.593. The number of benzene rings is 2. The Kier molecular flexibility index (Phi) is 7.17. The van der Waals surface area contributed by atoms with Crippen molar-refractivity contribution in [3.63, 3.8) is 0 Å². The number of carbonyl (C=O) groups excluding carboxylic acids is 2. The van der Waals surface area contributed by atoms with Crippen LogP contribution in [0.1, 0.15) is 11.1 Å². The number of carbonyl (C=O) groups is 2. The van der Waals surface area contributed by atoms with Crippen LogP contribution in [0.4, 0.5) is 4.39 Å². The molecule has 0 aromatic heterocycles. The molecule has 0 aliphatic rings. The Bertz CT molecular complexity index is 806. The molecule has 0 spiro atoms. The Labute approximate surface area is 155 Å². The van der Waals surface area contributed by atoms with Gasteiger partial charge in [-0.1, -0.05) is 29.8 Å². The summed E-state index contributed by atoms with van der Waals surface area (Å²) in [5.74, 6) is -0.930. The summed E-state index contributed by atoms with van der Waals surface area (Å²) in [6.45, 7) is -0.0895. The summed E-state index contributed by atoms with van der Waals surface area (Å²) in [6, 6.07) is 11.3. The maximum absolute atomic E-state index is 13.0. The van der Waals surface area contributed by atoms with Gasteiger partial charge in [-0.15, -0.1) is 0 Å². The van der Waals surface area contributed by atoms with Gasteiger partial charge < -0.3 is 14.8 Å². The molecule has 0 radical (unpaired) electrons. The molecule has 0 aliphatic carbocycles. The van der Waals surface area contributed by atoms with Gasteiger partial charge in [-0.25, -0.2) is 9.18 Å². The van der Waals surface area contributed by atoms with E-state index < -0.39 is 24.3 Å². The number of rotatable bonds is 7. The van der Waals surface area contributed by atoms with E-state index in [4.69, 9.17) is 21.1 Å². The summed E-state index contributed by atoms with van der Waals surface area (Å²) in [4.78, 5) is 23.3. The Hall–Kier alpha value is -2.86. The van der Waals surface area contributed by atoms with Gasteiger partial charge in [-0.3, -0.25) is 4.79 Å². The number of hydrogen-bond donors (Lipinski definition) is 1. The average Bonchev–Trinajstić information content (AvgIpc) is 2.66. The van der Waals surface area contributed by atoms with Crippen LogP contribution >= 0.6 is 11.6 Å². The summed E-state index contributed by atoms with van der Waals surface area (Å²) >= 11 is 5.65. The summed E-state index contributed by atoms with van der Waals surface area (Å²) in [5, 5.41) is 2.60. The molecule has 1 amide bonds. The molecule has 2 aromatic rings. The van der Waals surface area contributed by atoms with Gasteiger partial charge in [0, 0.05) is 12.6 Å². The molecule has 2 rings (SSSR count). The lowest BCUT2D eigenvalue weighted by Crippen LogP contribution is -2.28. The lowest BCUT2D eigenvalue weighted by atomic mass is 10.2. The van der Waals surface area contributed by atoms with Gasteiger partial charge in [0.25, 0.3) is 5.91 Å². The summed E-state index contributed by atoms with van der Waals surface area (Å²) < 4.78 is 22.9. The normalized spacial score (nSPS) is 10.6. The predicted octanol–water partition coefficient (Wildman–Crippen LogP) is 3.36. The fraction of sp³-hybridized carbons (Fsp3) is 0.158. The Morgan fingerprint density at radius 3 is 2.58 bits per heavy atom. The maximum Gasteiger partial charge on any atom is 0.331 e. The van der Waals surface area contributed by atoms with Gasteiger partial charge in [0.1, 0.15) is 11.6 Å². The van der Waals surface area contributed by atoms with Gasteiger partial charge in [0.2, 0.25) is 0 Å². The van der Waals surface area contributed by atoms with Gasteiger partial charge in [0.05, 0.1) is 12.1 Å². The van der Waals surface area contributed by atoms with Crippen LogP contribution in [0.3, 0.4) is 0 Å². The maximum atomic E-state index is 13.0. The van der Waals surface area contributed by atoms with E-state index in [2.05, 4.69) is 5.32 Å². The highest BCUT2D eigenvalue weighted by Gasteiger charge is 2.05. The minimum atomic E-state index is -0.690. The van der Waals surface area contributed by atoms with Crippen molar-refractivity contribution in [2.45, 2.75) is 6.54 Å². The fourth-order valence-corrected chi connectivity index (χ4v) is 2.15. The third-order valence-electron chi connectivity index (χ3n) is 3.35. The molecule has 0 bridgehead atoms. The van der Waals surface area contributed by atoms with Crippen LogP contribution in [0.2, 0.25) is 5.02 Å². The second-order valence-electron chi connectivity index (χ2n) is 5.24. The number of ether oxygens (including phenoxy) is 2. The molecule has 1 N–H and O–H groups in total. The number of halogens is 2. The highest BCUT2D eigenvalue weighted by Crippen LogP contribution is 2.16. The number of amides is 1. The first-order chi connectivity index (χ1) is 12.5. The van der Waals surface area contributed by atoms with Crippen molar-refractivity contribution >= 4 is 29.6 Å². The molecule has 0 saturated heterocycles. The van der Waals surface area contributed by atoms with Crippen molar-refractivity contribution < 1.29 is 23.5 Å². The smallest absolute Gasteiger partial charge is 0.331 e. The number of esters is 1. The van der Waals surface area contributed by atoms with E-state index in [-0.39, 0.29) is 5.02 Å². The van der Waals surface area contributed by atoms with E-state index in [0.29, 0.717) is 12.1 Å². The van der Waals surface area contributed by atoms with Crippen molar-refractivity contribution in [1.82, 2.24) is 5.32 Å². The average molecular weight is 378 g/mol. The number of methoxy groups -OCH3 is 1. The Morgan fingerprint density at radius 1 is 1.19 bits per heavy atom. The second-order valence-corrected chi connectivity index (χ2v) is 5.65. The third-order valence-corrected chi connectivity index (χ3v) is 3.64. The lowest BCUT2D eigenvalue weighted by Gasteiger charge is -2.06. The van der Waals surface area contributed by atoms with Crippen molar-refractivity contribution in [1.29, 1.82) is 0 Å². The highest BCUT2D eigenvalue weighted by atomic mass is 35.5. The first kappa shape index (κ1) is 19.5. The third kappa shape index (κ3) is 6.22. The molecule has 0 saturated carbocycles. The van der Waals surface area contributed by atoms with Crippen LogP contribution in [-0.2, 0) is 20.9 Å². The van der Waals surface area contributed by atoms with E-state index in [9.17, 15) is 14.0 Å². The van der Waals surface area contributed by atoms with Crippen LogP contribution < -0.4 is 10.1 Å². The lowest BCUT2D eigenvalue weighted by molar-refractivity contribution is -0.143. The minimum absolute atomic E-state index is 0.0431. The van der Waals surface area contributed by atoms with Crippen LogP contribution in [0, 0.1) is 5.82 Å². The SMILES string of the molecule is COc1ccc(CNC(=O)COC(=O)/C=C/c2ccc(F)c(Cl)c2)cc1. The molecule has 5 nitrogen and oxygen atoms in total. The molecule has 0 atom stereocenters. The van der Waals surface area contributed by atoms with Crippen molar-refractivity contribution in [3.05, 3.63) is 70.5 Å². The largest absolute Gasteiger partial charge is 0.497 e. The van der Waals surface area contributed by atoms with Crippen LogP contribution in [-0.4, -0.2) is 25.6 Å². The van der Waals surface area contributed by atoms with Gasteiger partial charge in [-0.05, 0) is 41.5 Å². The molecule has 0 unspecified atom stereocenters. The Morgan fingerprint density at radius 2 is 1.92 bits per heavy atom. The molecule has 2 aromatic carbocycles. The molecule has 0 heterocycles. The van der Waals surface area contributed by atoms with Gasteiger partial charge >= 0.3 is 5.97 Å². The molecule has 0 aliphatic heterocycles. The monoisotopic (exact) mass is 377 g/mol. The first-order valence-electron chi connectivity index (χ1n) is 7.67. The minimum Gasteiger partial charge on any atom is -0.497 e. The van der Waals surface area contributed by atoms with Gasteiger partial charge in [0.15, 0.2) is 6.61 Å². The molecule has 136 valence electrons. The van der Waals surface area contributed by atoms with Crippen molar-refractivity contribution in [3.8, 4) is 5.75 Å².